The van der Waals surface area contributed by atoms with Crippen molar-refractivity contribution in [2.75, 3.05) is 14.1 Å². The lowest BCUT2D eigenvalue weighted by molar-refractivity contribution is 0.109. The zero-order valence-electron chi connectivity index (χ0n) is 7.72. The summed E-state index contributed by atoms with van der Waals surface area (Å²) in [6.07, 6.45) is 0.439. The van der Waals surface area contributed by atoms with Crippen molar-refractivity contribution in [1.82, 2.24) is 9.84 Å². The van der Waals surface area contributed by atoms with Gasteiger partial charge in [0.05, 0.1) is 0 Å². The molecule has 1 aromatic rings. The number of hydrogen-bond acceptors (Lipinski definition) is 5. The second kappa shape index (κ2) is 3.91. The van der Waals surface area contributed by atoms with Crippen LogP contribution in [0.5, 0.6) is 0 Å². The minimum Gasteiger partial charge on any atom is -0.440 e. The predicted octanol–water partition coefficient (Wildman–Crippen LogP) is -0.153. The number of furan rings is 1. The Morgan fingerprint density at radius 2 is 2.07 bits per heavy atom. The highest BCUT2D eigenvalue weighted by atomic mass is 32.2. The summed E-state index contributed by atoms with van der Waals surface area (Å²) >= 11 is 0. The Kier molecular flexibility index (Phi) is 3.04. The first-order valence-corrected chi connectivity index (χ1v) is 5.19. The van der Waals surface area contributed by atoms with Crippen LogP contribution in [-0.2, 0) is 10.0 Å². The van der Waals surface area contributed by atoms with Gasteiger partial charge >= 0.3 is 0 Å². The molecule has 0 spiro atoms. The fraction of sp³-hybridized carbons (Fsp3) is 0.286. The summed E-state index contributed by atoms with van der Waals surface area (Å²) < 4.78 is 27.6. The van der Waals surface area contributed by atoms with Gasteiger partial charge in [-0.25, -0.2) is 13.4 Å². The molecule has 0 aliphatic heterocycles. The molecule has 0 unspecified atom stereocenters. The van der Waals surface area contributed by atoms with E-state index >= 15 is 0 Å². The highest BCUT2D eigenvalue weighted by Gasteiger charge is 2.18. The fourth-order valence-electron chi connectivity index (χ4n) is 0.827. The van der Waals surface area contributed by atoms with E-state index in [2.05, 4.69) is 4.83 Å². The number of carbonyl (C=O) groups is 1. The van der Waals surface area contributed by atoms with Gasteiger partial charge in [-0.2, -0.15) is 0 Å². The van der Waals surface area contributed by atoms with Crippen molar-refractivity contribution in [3.63, 3.8) is 0 Å². The Bertz CT molecular complexity index is 421. The lowest BCUT2D eigenvalue weighted by atomic mass is 10.5. The molecule has 14 heavy (non-hydrogen) atoms. The summed E-state index contributed by atoms with van der Waals surface area (Å²) in [6.45, 7) is 0. The average molecular weight is 218 g/mol. The van der Waals surface area contributed by atoms with Crippen molar-refractivity contribution < 1.29 is 17.6 Å². The molecule has 1 rings (SSSR count). The van der Waals surface area contributed by atoms with Gasteiger partial charge in [0.15, 0.2) is 12.0 Å². The van der Waals surface area contributed by atoms with Crippen molar-refractivity contribution in [2.24, 2.45) is 0 Å². The third-order valence-electron chi connectivity index (χ3n) is 1.29. The smallest absolute Gasteiger partial charge is 0.286 e. The quantitative estimate of drug-likeness (QED) is 0.561. The number of nitrogens with one attached hydrogen (secondary N) is 1. The van der Waals surface area contributed by atoms with E-state index in [1.54, 1.807) is 0 Å². The SMILES string of the molecule is CN(C)NS(=O)(=O)c1ccc(C=O)o1. The minimum absolute atomic E-state index is 0.0240. The van der Waals surface area contributed by atoms with Gasteiger partial charge in [-0.05, 0) is 12.1 Å². The first-order chi connectivity index (χ1) is 6.45. The van der Waals surface area contributed by atoms with Gasteiger partial charge in [0.1, 0.15) is 0 Å². The standard InChI is InChI=1S/C7H10N2O4S/c1-9(2)8-14(11,12)7-4-3-6(5-10)13-7/h3-5,8H,1-2H3. The van der Waals surface area contributed by atoms with Crippen molar-refractivity contribution in [1.29, 1.82) is 0 Å². The molecule has 0 amide bonds. The van der Waals surface area contributed by atoms with Gasteiger partial charge in [0.2, 0.25) is 5.09 Å². The Morgan fingerprint density at radius 3 is 2.50 bits per heavy atom. The second-order valence-electron chi connectivity index (χ2n) is 2.76. The monoisotopic (exact) mass is 218 g/mol. The maximum atomic E-state index is 11.4. The first kappa shape index (κ1) is 10.9. The summed E-state index contributed by atoms with van der Waals surface area (Å²) in [5.41, 5.74) is 0. The van der Waals surface area contributed by atoms with Gasteiger partial charge in [-0.1, -0.05) is 0 Å². The van der Waals surface area contributed by atoms with E-state index in [-0.39, 0.29) is 10.9 Å². The van der Waals surface area contributed by atoms with Crippen LogP contribution in [0.25, 0.3) is 0 Å². The van der Waals surface area contributed by atoms with Crippen LogP contribution in [0.15, 0.2) is 21.6 Å². The fourth-order valence-corrected chi connectivity index (χ4v) is 1.85. The first-order valence-electron chi connectivity index (χ1n) is 3.70. The zero-order valence-corrected chi connectivity index (χ0v) is 8.54. The lowest BCUT2D eigenvalue weighted by Crippen LogP contribution is -2.35. The summed E-state index contributed by atoms with van der Waals surface area (Å²) in [4.78, 5) is 12.4. The van der Waals surface area contributed by atoms with Crippen LogP contribution in [0.3, 0.4) is 0 Å². The summed E-state index contributed by atoms with van der Waals surface area (Å²) in [7, 11) is -0.641. The van der Waals surface area contributed by atoms with Crippen molar-refractivity contribution in [3.05, 3.63) is 17.9 Å². The van der Waals surface area contributed by atoms with E-state index in [0.29, 0.717) is 6.29 Å². The average Bonchev–Trinajstić information content (AvgIpc) is 2.49. The van der Waals surface area contributed by atoms with Gasteiger partial charge in [-0.15, -0.1) is 4.83 Å². The number of hydrogen-bond donors (Lipinski definition) is 1. The molecule has 0 aromatic carbocycles. The molecule has 7 heteroatoms. The Balaban J connectivity index is 2.98. The Labute approximate surface area is 81.5 Å². The third kappa shape index (κ3) is 2.41. The van der Waals surface area contributed by atoms with E-state index in [1.807, 2.05) is 0 Å². The third-order valence-corrected chi connectivity index (χ3v) is 2.64. The molecule has 0 saturated carbocycles. The van der Waals surface area contributed by atoms with E-state index in [0.717, 1.165) is 0 Å². The normalized spacial score (nSPS) is 11.9. The predicted molar refractivity (Wildman–Crippen MR) is 48.1 cm³/mol. The Morgan fingerprint density at radius 1 is 1.43 bits per heavy atom. The van der Waals surface area contributed by atoms with Crippen molar-refractivity contribution >= 4 is 16.3 Å². The number of carbonyl (C=O) groups excluding carboxylic acids is 1. The topological polar surface area (TPSA) is 79.6 Å². The van der Waals surface area contributed by atoms with Gasteiger partial charge in [0.25, 0.3) is 10.0 Å². The van der Waals surface area contributed by atoms with Crippen LogP contribution >= 0.6 is 0 Å². The molecule has 0 aliphatic rings. The van der Waals surface area contributed by atoms with Crippen LogP contribution in [0.1, 0.15) is 10.6 Å². The van der Waals surface area contributed by atoms with Crippen molar-refractivity contribution in [3.8, 4) is 0 Å². The number of hydrazine groups is 1. The molecule has 0 saturated heterocycles. The number of sulfonamides is 1. The molecular formula is C7H10N2O4S. The molecule has 0 fully saturated rings. The Hall–Kier alpha value is -1.18. The highest BCUT2D eigenvalue weighted by Crippen LogP contribution is 2.11. The van der Waals surface area contributed by atoms with Crippen LogP contribution in [0.2, 0.25) is 0 Å². The molecule has 6 nitrogen and oxygen atoms in total. The summed E-state index contributed by atoms with van der Waals surface area (Å²) in [6, 6.07) is 2.51. The maximum Gasteiger partial charge on any atom is 0.286 e. The molecule has 1 heterocycles. The van der Waals surface area contributed by atoms with E-state index in [9.17, 15) is 13.2 Å². The van der Waals surface area contributed by atoms with Crippen molar-refractivity contribution in [2.45, 2.75) is 5.09 Å². The number of nitrogens with zero attached hydrogens (tertiary/aromatic N) is 1. The number of rotatable bonds is 4. The molecular weight excluding hydrogens is 208 g/mol. The molecule has 0 atom stereocenters. The second-order valence-corrected chi connectivity index (χ2v) is 4.36. The van der Waals surface area contributed by atoms with Crippen LogP contribution in [0, 0.1) is 0 Å². The van der Waals surface area contributed by atoms with Crippen LogP contribution in [-0.4, -0.2) is 33.8 Å². The lowest BCUT2D eigenvalue weighted by Gasteiger charge is -2.09. The highest BCUT2D eigenvalue weighted by molar-refractivity contribution is 7.89. The minimum atomic E-state index is -3.70. The molecule has 0 aliphatic carbocycles. The zero-order chi connectivity index (χ0) is 10.8. The van der Waals surface area contributed by atoms with Gasteiger partial charge in [-0.3, -0.25) is 4.79 Å². The van der Waals surface area contributed by atoms with E-state index in [1.165, 1.54) is 31.2 Å². The molecule has 0 bridgehead atoms. The van der Waals surface area contributed by atoms with E-state index in [4.69, 9.17) is 4.42 Å². The molecule has 1 aromatic heterocycles. The van der Waals surface area contributed by atoms with Gasteiger partial charge in [0, 0.05) is 14.1 Å². The molecule has 0 radical (unpaired) electrons. The van der Waals surface area contributed by atoms with Crippen LogP contribution < -0.4 is 4.83 Å². The number of aldehydes is 1. The molecule has 1 N–H and O–H groups in total. The molecule has 78 valence electrons. The van der Waals surface area contributed by atoms with Crippen LogP contribution in [0.4, 0.5) is 0 Å². The van der Waals surface area contributed by atoms with Gasteiger partial charge < -0.3 is 4.42 Å². The largest absolute Gasteiger partial charge is 0.440 e. The maximum absolute atomic E-state index is 11.4. The summed E-state index contributed by atoms with van der Waals surface area (Å²) in [5.74, 6) is -0.0240. The van der Waals surface area contributed by atoms with E-state index < -0.39 is 10.0 Å². The summed E-state index contributed by atoms with van der Waals surface area (Å²) in [5, 5.41) is 0.978.